The number of carbonyl (C=O) groups excluding carboxylic acids is 1. The van der Waals surface area contributed by atoms with Gasteiger partial charge in [0.15, 0.2) is 0 Å². The molecule has 2 rings (SSSR count). The van der Waals surface area contributed by atoms with Gasteiger partial charge in [0, 0.05) is 10.6 Å². The van der Waals surface area contributed by atoms with Gasteiger partial charge in [0.1, 0.15) is 23.3 Å². The third-order valence-corrected chi connectivity index (χ3v) is 6.19. The van der Waals surface area contributed by atoms with E-state index in [0.717, 1.165) is 10.6 Å². The number of anilines is 1. The van der Waals surface area contributed by atoms with Crippen molar-refractivity contribution in [2.75, 3.05) is 31.9 Å². The van der Waals surface area contributed by atoms with Crippen molar-refractivity contribution in [1.29, 1.82) is 0 Å². The highest BCUT2D eigenvalue weighted by molar-refractivity contribution is 7.92. The molecule has 0 aliphatic heterocycles. The Bertz CT molecular complexity index is 1040. The Kier molecular flexibility index (Phi) is 8.02. The van der Waals surface area contributed by atoms with Gasteiger partial charge in [-0.3, -0.25) is 9.10 Å². The van der Waals surface area contributed by atoms with Crippen molar-refractivity contribution < 1.29 is 27.4 Å². The van der Waals surface area contributed by atoms with Crippen LogP contribution in [0.15, 0.2) is 36.4 Å². The molecular formula is C21H27ClN2O6S. The largest absolute Gasteiger partial charge is 0.497 e. The van der Waals surface area contributed by atoms with Gasteiger partial charge in [0.25, 0.3) is 0 Å². The maximum absolute atomic E-state index is 13.1. The summed E-state index contributed by atoms with van der Waals surface area (Å²) in [6.45, 7) is 3.26. The topological polar surface area (TPSA) is 94.2 Å². The molecule has 2 aromatic rings. The molecule has 0 spiro atoms. The minimum absolute atomic E-state index is 0.173. The van der Waals surface area contributed by atoms with Crippen molar-refractivity contribution >= 4 is 33.2 Å². The molecule has 31 heavy (non-hydrogen) atoms. The summed E-state index contributed by atoms with van der Waals surface area (Å²) < 4.78 is 42.1. The smallest absolute Gasteiger partial charge is 0.244 e. The second-order valence-corrected chi connectivity index (χ2v) is 9.18. The molecule has 0 aliphatic carbocycles. The van der Waals surface area contributed by atoms with Gasteiger partial charge in [-0.2, -0.15) is 0 Å². The summed E-state index contributed by atoms with van der Waals surface area (Å²) in [5, 5.41) is 3.15. The second-order valence-electron chi connectivity index (χ2n) is 6.89. The standard InChI is InChI=1S/C21H27ClN2O6S/c1-13(17-12-16(28-3)8-10-19(17)29-4)23-21(25)14(2)24(31(6,26)27)18-11-15(22)7-9-20(18)30-5/h7-14H,1-6H3,(H,23,25)/t13-,14-/m1/s1. The lowest BCUT2D eigenvalue weighted by Crippen LogP contribution is -2.48. The van der Waals surface area contributed by atoms with E-state index >= 15 is 0 Å². The quantitative estimate of drug-likeness (QED) is 0.603. The molecule has 0 saturated heterocycles. The van der Waals surface area contributed by atoms with Crippen LogP contribution in [-0.2, 0) is 14.8 Å². The fourth-order valence-electron chi connectivity index (χ4n) is 3.21. The number of sulfonamides is 1. The van der Waals surface area contributed by atoms with Gasteiger partial charge in [0.2, 0.25) is 15.9 Å². The lowest BCUT2D eigenvalue weighted by Gasteiger charge is -2.30. The summed E-state index contributed by atoms with van der Waals surface area (Å²) in [7, 11) is 0.633. The molecule has 170 valence electrons. The van der Waals surface area contributed by atoms with Crippen molar-refractivity contribution in [2.45, 2.75) is 25.9 Å². The number of benzene rings is 2. The number of hydrogen-bond donors (Lipinski definition) is 1. The zero-order valence-corrected chi connectivity index (χ0v) is 19.9. The molecule has 1 amide bonds. The average Bonchev–Trinajstić information content (AvgIpc) is 2.72. The Labute approximate surface area is 188 Å². The summed E-state index contributed by atoms with van der Waals surface area (Å²) in [4.78, 5) is 13.1. The van der Waals surface area contributed by atoms with E-state index in [-0.39, 0.29) is 11.4 Å². The summed E-state index contributed by atoms with van der Waals surface area (Å²) in [5.41, 5.74) is 0.861. The second kappa shape index (κ2) is 10.1. The molecule has 0 aromatic heterocycles. The summed E-state index contributed by atoms with van der Waals surface area (Å²) in [6.07, 6.45) is 1.02. The van der Waals surface area contributed by atoms with E-state index < -0.39 is 28.0 Å². The minimum atomic E-state index is -3.85. The highest BCUT2D eigenvalue weighted by Crippen LogP contribution is 2.35. The molecule has 0 aliphatic rings. The number of nitrogens with one attached hydrogen (secondary N) is 1. The van der Waals surface area contributed by atoms with Gasteiger partial charge in [-0.1, -0.05) is 11.6 Å². The zero-order valence-electron chi connectivity index (χ0n) is 18.3. The van der Waals surface area contributed by atoms with E-state index in [1.165, 1.54) is 27.2 Å². The number of methoxy groups -OCH3 is 3. The highest BCUT2D eigenvalue weighted by Gasteiger charge is 2.32. The van der Waals surface area contributed by atoms with Gasteiger partial charge >= 0.3 is 0 Å². The Hall–Kier alpha value is -2.65. The normalized spacial score (nSPS) is 13.1. The van der Waals surface area contributed by atoms with Gasteiger partial charge < -0.3 is 19.5 Å². The van der Waals surface area contributed by atoms with Crippen molar-refractivity contribution in [3.05, 3.63) is 47.0 Å². The number of ether oxygens (including phenoxy) is 3. The molecule has 10 heteroatoms. The molecule has 1 N–H and O–H groups in total. The monoisotopic (exact) mass is 470 g/mol. The molecule has 0 heterocycles. The number of rotatable bonds is 9. The minimum Gasteiger partial charge on any atom is -0.497 e. The van der Waals surface area contributed by atoms with E-state index in [2.05, 4.69) is 5.32 Å². The van der Waals surface area contributed by atoms with E-state index in [1.807, 2.05) is 0 Å². The van der Waals surface area contributed by atoms with Gasteiger partial charge in [-0.15, -0.1) is 0 Å². The molecule has 0 radical (unpaired) electrons. The molecular weight excluding hydrogens is 444 g/mol. The van der Waals surface area contributed by atoms with Gasteiger partial charge in [-0.25, -0.2) is 8.42 Å². The number of nitrogens with zero attached hydrogens (tertiary/aromatic N) is 1. The number of hydrogen-bond acceptors (Lipinski definition) is 6. The average molecular weight is 471 g/mol. The van der Waals surface area contributed by atoms with Crippen LogP contribution in [0.4, 0.5) is 5.69 Å². The van der Waals surface area contributed by atoms with Crippen LogP contribution in [0.5, 0.6) is 17.2 Å². The predicted octanol–water partition coefficient (Wildman–Crippen LogP) is 3.40. The van der Waals surface area contributed by atoms with Crippen LogP contribution >= 0.6 is 11.6 Å². The molecule has 0 saturated carbocycles. The predicted molar refractivity (Wildman–Crippen MR) is 121 cm³/mol. The number of carbonyl (C=O) groups is 1. The Balaban J connectivity index is 2.38. The third kappa shape index (κ3) is 5.74. The van der Waals surface area contributed by atoms with Crippen LogP contribution in [0.3, 0.4) is 0 Å². The summed E-state index contributed by atoms with van der Waals surface area (Å²) in [5.74, 6) is 0.936. The van der Waals surface area contributed by atoms with Crippen molar-refractivity contribution in [1.82, 2.24) is 5.32 Å². The first kappa shape index (κ1) is 24.6. The van der Waals surface area contributed by atoms with Crippen LogP contribution in [0.2, 0.25) is 5.02 Å². The SMILES string of the molecule is COc1ccc(OC)c([C@@H](C)NC(=O)[C@@H](C)N(c2cc(Cl)ccc2OC)S(C)(=O)=O)c1. The van der Waals surface area contributed by atoms with Crippen LogP contribution in [-0.4, -0.2) is 48.0 Å². The van der Waals surface area contributed by atoms with E-state index in [0.29, 0.717) is 22.1 Å². The first-order valence-electron chi connectivity index (χ1n) is 9.38. The summed E-state index contributed by atoms with van der Waals surface area (Å²) in [6, 6.07) is 8.24. The lowest BCUT2D eigenvalue weighted by molar-refractivity contribution is -0.122. The molecule has 0 bridgehead atoms. The highest BCUT2D eigenvalue weighted by atomic mass is 35.5. The Morgan fingerprint density at radius 1 is 1.00 bits per heavy atom. The van der Waals surface area contributed by atoms with E-state index in [1.54, 1.807) is 44.4 Å². The van der Waals surface area contributed by atoms with Crippen LogP contribution < -0.4 is 23.8 Å². The van der Waals surface area contributed by atoms with Crippen molar-refractivity contribution in [2.24, 2.45) is 0 Å². The summed E-state index contributed by atoms with van der Waals surface area (Å²) >= 11 is 6.08. The molecule has 8 nitrogen and oxygen atoms in total. The molecule has 0 fully saturated rings. The number of amides is 1. The first-order chi connectivity index (χ1) is 14.5. The third-order valence-electron chi connectivity index (χ3n) is 4.73. The Morgan fingerprint density at radius 2 is 1.61 bits per heavy atom. The maximum Gasteiger partial charge on any atom is 0.244 e. The molecule has 2 aromatic carbocycles. The maximum atomic E-state index is 13.1. The fraction of sp³-hybridized carbons (Fsp3) is 0.381. The lowest BCUT2D eigenvalue weighted by atomic mass is 10.1. The van der Waals surface area contributed by atoms with Gasteiger partial charge in [0.05, 0.1) is 39.3 Å². The first-order valence-corrected chi connectivity index (χ1v) is 11.6. The van der Waals surface area contributed by atoms with Gasteiger partial charge in [-0.05, 0) is 50.2 Å². The van der Waals surface area contributed by atoms with Crippen LogP contribution in [0, 0.1) is 0 Å². The van der Waals surface area contributed by atoms with E-state index in [4.69, 9.17) is 25.8 Å². The van der Waals surface area contributed by atoms with E-state index in [9.17, 15) is 13.2 Å². The molecule has 0 unspecified atom stereocenters. The fourth-order valence-corrected chi connectivity index (χ4v) is 4.54. The molecule has 2 atom stereocenters. The van der Waals surface area contributed by atoms with Crippen LogP contribution in [0.1, 0.15) is 25.5 Å². The van der Waals surface area contributed by atoms with Crippen molar-refractivity contribution in [3.8, 4) is 17.2 Å². The zero-order chi connectivity index (χ0) is 23.3. The Morgan fingerprint density at radius 3 is 2.16 bits per heavy atom. The number of halogens is 1. The van der Waals surface area contributed by atoms with Crippen LogP contribution in [0.25, 0.3) is 0 Å². The van der Waals surface area contributed by atoms with Crippen molar-refractivity contribution in [3.63, 3.8) is 0 Å².